The molecule has 0 atom stereocenters. The molecule has 0 saturated carbocycles. The summed E-state index contributed by atoms with van der Waals surface area (Å²) in [6, 6.07) is 59.4. The highest BCUT2D eigenvalue weighted by atomic mass is 32.1. The highest BCUT2D eigenvalue weighted by Gasteiger charge is 2.23. The molecule has 0 saturated heterocycles. The Balaban J connectivity index is 1.20. The van der Waals surface area contributed by atoms with Crippen LogP contribution in [0.3, 0.4) is 0 Å². The van der Waals surface area contributed by atoms with Gasteiger partial charge in [-0.15, -0.1) is 22.7 Å². The summed E-state index contributed by atoms with van der Waals surface area (Å²) in [6.07, 6.45) is 0. The minimum atomic E-state index is 0.685. The van der Waals surface area contributed by atoms with Crippen molar-refractivity contribution in [3.63, 3.8) is 0 Å². The van der Waals surface area contributed by atoms with Gasteiger partial charge in [0.25, 0.3) is 0 Å². The van der Waals surface area contributed by atoms with Gasteiger partial charge < -0.3 is 0 Å². The number of thiophene rings is 2. The normalized spacial score (nSPS) is 12.2. The Labute approximate surface area is 311 Å². The van der Waals surface area contributed by atoms with Crippen molar-refractivity contribution < 1.29 is 0 Å². The molecule has 246 valence electrons. The Morgan fingerprint density at radius 2 is 0.962 bits per heavy atom. The molecule has 12 rings (SSSR count). The standard InChI is InChI=1S/C48H27N3S2/c1-2-10-28(11-3-1)31-18-23-37-42(26-31)53-47-45(37)46(32-19-22-36-35-16-8-9-17-40(35)52-41(36)27-32)49-48(50-47)51-38-24-20-29-12-4-6-14-33(29)43(38)44-34-15-7-5-13-30(34)21-25-39(44)51/h1-27H. The second-order valence-electron chi connectivity index (χ2n) is 13.7. The number of nitrogens with zero attached hydrogens (tertiary/aromatic N) is 3. The Morgan fingerprint density at radius 3 is 1.72 bits per heavy atom. The Bertz CT molecular complexity index is 3370. The van der Waals surface area contributed by atoms with Crippen LogP contribution in [0.1, 0.15) is 0 Å². The zero-order valence-corrected chi connectivity index (χ0v) is 29.9. The number of hydrogen-bond donors (Lipinski definition) is 0. The highest BCUT2D eigenvalue weighted by molar-refractivity contribution is 7.26. The Kier molecular flexibility index (Phi) is 6.09. The maximum Gasteiger partial charge on any atom is 0.236 e. The lowest BCUT2D eigenvalue weighted by Gasteiger charge is -2.11. The monoisotopic (exact) mass is 709 g/mol. The van der Waals surface area contributed by atoms with Crippen LogP contribution in [0.5, 0.6) is 0 Å². The van der Waals surface area contributed by atoms with Crippen molar-refractivity contribution in [1.29, 1.82) is 0 Å². The number of hydrogen-bond acceptors (Lipinski definition) is 4. The van der Waals surface area contributed by atoms with Crippen molar-refractivity contribution in [2.45, 2.75) is 0 Å². The van der Waals surface area contributed by atoms with Gasteiger partial charge >= 0.3 is 0 Å². The molecule has 4 heterocycles. The first-order valence-corrected chi connectivity index (χ1v) is 19.5. The van der Waals surface area contributed by atoms with Crippen LogP contribution in [0.15, 0.2) is 164 Å². The van der Waals surface area contributed by atoms with Gasteiger partial charge in [-0.25, -0.2) is 9.97 Å². The summed E-state index contributed by atoms with van der Waals surface area (Å²) in [5.74, 6) is 0.685. The average molecular weight is 710 g/mol. The largest absolute Gasteiger partial charge is 0.278 e. The third kappa shape index (κ3) is 4.26. The van der Waals surface area contributed by atoms with Crippen LogP contribution < -0.4 is 0 Å². The van der Waals surface area contributed by atoms with Crippen molar-refractivity contribution in [2.75, 3.05) is 0 Å². The van der Waals surface area contributed by atoms with Crippen LogP contribution in [-0.4, -0.2) is 14.5 Å². The number of rotatable bonds is 3. The summed E-state index contributed by atoms with van der Waals surface area (Å²) in [5.41, 5.74) is 6.67. The van der Waals surface area contributed by atoms with Crippen LogP contribution in [0.25, 0.3) is 112 Å². The van der Waals surface area contributed by atoms with E-state index in [9.17, 15) is 0 Å². The molecule has 0 spiro atoms. The molecule has 3 nitrogen and oxygen atoms in total. The maximum atomic E-state index is 5.60. The third-order valence-corrected chi connectivity index (χ3v) is 13.0. The Hall–Kier alpha value is -6.40. The Morgan fingerprint density at radius 1 is 0.377 bits per heavy atom. The van der Waals surface area contributed by atoms with Gasteiger partial charge in [0.05, 0.1) is 16.7 Å². The molecule has 0 radical (unpaired) electrons. The molecule has 0 bridgehead atoms. The fourth-order valence-electron chi connectivity index (χ4n) is 8.42. The van der Waals surface area contributed by atoms with Crippen molar-refractivity contribution in [1.82, 2.24) is 14.5 Å². The van der Waals surface area contributed by atoms with Gasteiger partial charge in [-0.2, -0.15) is 0 Å². The van der Waals surface area contributed by atoms with E-state index < -0.39 is 0 Å². The molecular formula is C48H27N3S2. The van der Waals surface area contributed by atoms with E-state index in [2.05, 4.69) is 168 Å². The fraction of sp³-hybridized carbons (Fsp3) is 0. The van der Waals surface area contributed by atoms with Crippen LogP contribution in [-0.2, 0) is 0 Å². The van der Waals surface area contributed by atoms with Crippen molar-refractivity contribution in [3.05, 3.63) is 164 Å². The van der Waals surface area contributed by atoms with Gasteiger partial charge in [-0.1, -0.05) is 133 Å². The molecule has 0 N–H and O–H groups in total. The number of fused-ring (bicyclic) bond motifs is 13. The smallest absolute Gasteiger partial charge is 0.236 e. The van der Waals surface area contributed by atoms with Gasteiger partial charge in [-0.05, 0) is 63.0 Å². The summed E-state index contributed by atoms with van der Waals surface area (Å²) in [6.45, 7) is 0. The lowest BCUT2D eigenvalue weighted by molar-refractivity contribution is 1.02. The SMILES string of the molecule is c1ccc(-c2ccc3c(c2)sc2nc(-n4c5ccc6ccccc6c5c5c6ccccc6ccc54)nc(-c4ccc5c(c4)sc4ccccc45)c23)cc1. The number of aromatic nitrogens is 3. The predicted octanol–water partition coefficient (Wildman–Crippen LogP) is 13.9. The molecule has 8 aromatic carbocycles. The summed E-state index contributed by atoms with van der Waals surface area (Å²) < 4.78 is 6.06. The molecule has 5 heteroatoms. The van der Waals surface area contributed by atoms with E-state index in [0.717, 1.165) is 32.5 Å². The van der Waals surface area contributed by atoms with E-state index in [0.29, 0.717) is 5.95 Å². The molecule has 0 aliphatic carbocycles. The minimum Gasteiger partial charge on any atom is -0.278 e. The zero-order valence-electron chi connectivity index (χ0n) is 28.2. The molecular weight excluding hydrogens is 683 g/mol. The quantitative estimate of drug-likeness (QED) is 0.183. The van der Waals surface area contributed by atoms with Crippen molar-refractivity contribution in [2.24, 2.45) is 0 Å². The predicted molar refractivity (Wildman–Crippen MR) is 228 cm³/mol. The average Bonchev–Trinajstić information content (AvgIpc) is 3.89. The summed E-state index contributed by atoms with van der Waals surface area (Å²) in [4.78, 5) is 12.1. The van der Waals surface area contributed by atoms with Crippen molar-refractivity contribution in [3.8, 4) is 28.3 Å². The lowest BCUT2D eigenvalue weighted by atomic mass is 10.00. The first-order valence-electron chi connectivity index (χ1n) is 17.8. The molecule has 0 aliphatic heterocycles. The van der Waals surface area contributed by atoms with E-state index in [-0.39, 0.29) is 0 Å². The molecule has 0 amide bonds. The number of benzene rings is 8. The third-order valence-electron chi connectivity index (χ3n) is 10.8. The first kappa shape index (κ1) is 29.2. The molecule has 0 unspecified atom stereocenters. The van der Waals surface area contributed by atoms with Crippen molar-refractivity contribution >= 4 is 106 Å². The molecule has 0 aliphatic rings. The van der Waals surface area contributed by atoms with E-state index in [4.69, 9.17) is 9.97 Å². The van der Waals surface area contributed by atoms with Crippen LogP contribution in [0, 0.1) is 0 Å². The van der Waals surface area contributed by atoms with Gasteiger partial charge in [0, 0.05) is 52.0 Å². The highest BCUT2D eigenvalue weighted by Crippen LogP contribution is 2.45. The van der Waals surface area contributed by atoms with E-state index >= 15 is 0 Å². The second kappa shape index (κ2) is 11.1. The van der Waals surface area contributed by atoms with Crippen LogP contribution in [0.2, 0.25) is 0 Å². The van der Waals surface area contributed by atoms with E-state index in [1.54, 1.807) is 11.3 Å². The van der Waals surface area contributed by atoms with Gasteiger partial charge in [0.2, 0.25) is 5.95 Å². The van der Waals surface area contributed by atoms with Crippen LogP contribution in [0.4, 0.5) is 0 Å². The lowest BCUT2D eigenvalue weighted by Crippen LogP contribution is -2.02. The minimum absolute atomic E-state index is 0.685. The second-order valence-corrected chi connectivity index (χ2v) is 15.9. The zero-order chi connectivity index (χ0) is 34.6. The topological polar surface area (TPSA) is 30.7 Å². The summed E-state index contributed by atoms with van der Waals surface area (Å²) in [5, 5.41) is 12.2. The summed E-state index contributed by atoms with van der Waals surface area (Å²) in [7, 11) is 0. The molecule has 53 heavy (non-hydrogen) atoms. The summed E-state index contributed by atoms with van der Waals surface area (Å²) >= 11 is 3.60. The maximum absolute atomic E-state index is 5.60. The molecule has 0 fully saturated rings. The van der Waals surface area contributed by atoms with Gasteiger partial charge in [0.15, 0.2) is 0 Å². The van der Waals surface area contributed by atoms with Gasteiger partial charge in [0.1, 0.15) is 4.83 Å². The fourth-order valence-corrected chi connectivity index (χ4v) is 10.7. The van der Waals surface area contributed by atoms with E-state index in [1.807, 2.05) is 11.3 Å². The molecule has 4 aromatic heterocycles. The van der Waals surface area contributed by atoms with Gasteiger partial charge in [-0.3, -0.25) is 4.57 Å². The first-order chi connectivity index (χ1) is 26.3. The molecule has 12 aromatic rings. The van der Waals surface area contributed by atoms with Crippen LogP contribution >= 0.6 is 22.7 Å². The van der Waals surface area contributed by atoms with E-state index in [1.165, 1.54) is 73.7 Å².